The number of nitrogens with zero attached hydrogens (tertiary/aromatic N) is 3. The van der Waals surface area contributed by atoms with Gasteiger partial charge in [0.1, 0.15) is 5.01 Å². The van der Waals surface area contributed by atoms with Crippen LogP contribution in [-0.2, 0) is 4.79 Å². The largest absolute Gasteiger partial charge is 0.493 e. The van der Waals surface area contributed by atoms with Gasteiger partial charge >= 0.3 is 0 Å². The molecule has 9 nitrogen and oxygen atoms in total. The number of hydrogen-bond acceptors (Lipinski definition) is 9. The van der Waals surface area contributed by atoms with Crippen LogP contribution in [0.3, 0.4) is 0 Å². The number of aromatic nitrogens is 2. The van der Waals surface area contributed by atoms with Crippen LogP contribution >= 0.6 is 22.7 Å². The molecule has 2 aromatic heterocycles. The average molecular weight is 491 g/mol. The molecule has 0 fully saturated rings. The van der Waals surface area contributed by atoms with Gasteiger partial charge in [0.2, 0.25) is 16.8 Å². The number of thiophene rings is 1. The highest BCUT2D eigenvalue weighted by atomic mass is 32.1. The number of hydrogen-bond donors (Lipinski definition) is 1. The first kappa shape index (κ1) is 24.5. The summed E-state index contributed by atoms with van der Waals surface area (Å²) in [5.74, 6) is 1.19. The molecule has 176 valence electrons. The molecule has 0 saturated carbocycles. The zero-order valence-electron chi connectivity index (χ0n) is 18.9. The van der Waals surface area contributed by atoms with E-state index in [-0.39, 0.29) is 18.2 Å². The predicted octanol–water partition coefficient (Wildman–Crippen LogP) is 4.17. The highest BCUT2D eigenvalue weighted by molar-refractivity contribution is 7.18. The van der Waals surface area contributed by atoms with Crippen molar-refractivity contribution in [3.63, 3.8) is 0 Å². The number of nitrogens with one attached hydrogen (secondary N) is 1. The van der Waals surface area contributed by atoms with Crippen molar-refractivity contribution in [3.8, 4) is 27.8 Å². The lowest BCUT2D eigenvalue weighted by Crippen LogP contribution is -2.34. The second kappa shape index (κ2) is 11.6. The summed E-state index contributed by atoms with van der Waals surface area (Å²) in [6.07, 6.45) is 0.976. The van der Waals surface area contributed by atoms with E-state index in [1.165, 1.54) is 44.0 Å². The van der Waals surface area contributed by atoms with Crippen LogP contribution in [0.25, 0.3) is 10.6 Å². The Labute approximate surface area is 200 Å². The lowest BCUT2D eigenvalue weighted by atomic mass is 10.2. The van der Waals surface area contributed by atoms with Gasteiger partial charge in [0, 0.05) is 25.1 Å². The number of carbonyl (C=O) groups excluding carboxylic acids is 2. The lowest BCUT2D eigenvalue weighted by molar-refractivity contribution is -0.116. The number of methoxy groups -OCH3 is 3. The van der Waals surface area contributed by atoms with Gasteiger partial charge in [-0.3, -0.25) is 9.59 Å². The fraction of sp³-hybridized carbons (Fsp3) is 0.364. The SMILES string of the molecule is CCCN(CCC(=O)Nc1nnc(-c2cc(OC)c(OC)c(OC)c2)s1)C(=O)c1cccs1. The molecule has 3 rings (SSSR count). The van der Waals surface area contributed by atoms with Crippen molar-refractivity contribution in [2.45, 2.75) is 19.8 Å². The first-order chi connectivity index (χ1) is 16.0. The molecular weight excluding hydrogens is 464 g/mol. The molecule has 0 atom stereocenters. The van der Waals surface area contributed by atoms with Gasteiger partial charge in [0.25, 0.3) is 5.91 Å². The number of carbonyl (C=O) groups is 2. The lowest BCUT2D eigenvalue weighted by Gasteiger charge is -2.21. The van der Waals surface area contributed by atoms with Crippen molar-refractivity contribution in [1.82, 2.24) is 15.1 Å². The Morgan fingerprint density at radius 1 is 1.06 bits per heavy atom. The molecule has 0 radical (unpaired) electrons. The minimum absolute atomic E-state index is 0.0553. The van der Waals surface area contributed by atoms with E-state index >= 15 is 0 Å². The highest BCUT2D eigenvalue weighted by Crippen LogP contribution is 2.42. The van der Waals surface area contributed by atoms with Crippen LogP contribution in [0, 0.1) is 0 Å². The number of benzene rings is 1. The molecule has 0 aliphatic rings. The van der Waals surface area contributed by atoms with Crippen molar-refractivity contribution < 1.29 is 23.8 Å². The van der Waals surface area contributed by atoms with Gasteiger partial charge in [-0.15, -0.1) is 21.5 Å². The summed E-state index contributed by atoms with van der Waals surface area (Å²) < 4.78 is 16.1. The van der Waals surface area contributed by atoms with E-state index in [4.69, 9.17) is 14.2 Å². The van der Waals surface area contributed by atoms with Crippen LogP contribution in [0.5, 0.6) is 17.2 Å². The minimum atomic E-state index is -0.234. The van der Waals surface area contributed by atoms with Gasteiger partial charge in [-0.1, -0.05) is 24.3 Å². The molecule has 0 saturated heterocycles. The second-order valence-electron chi connectivity index (χ2n) is 6.89. The molecule has 0 unspecified atom stereocenters. The summed E-state index contributed by atoms with van der Waals surface area (Å²) in [5, 5.41) is 13.8. The molecule has 2 amide bonds. The zero-order chi connectivity index (χ0) is 23.8. The van der Waals surface area contributed by atoms with Gasteiger partial charge in [0.05, 0.1) is 26.2 Å². The maximum absolute atomic E-state index is 12.6. The second-order valence-corrected chi connectivity index (χ2v) is 8.82. The fourth-order valence-corrected chi connectivity index (χ4v) is 4.59. The third kappa shape index (κ3) is 5.99. The Bertz CT molecular complexity index is 1060. The Kier molecular flexibility index (Phi) is 8.61. The molecule has 0 aliphatic carbocycles. The van der Waals surface area contributed by atoms with Crippen molar-refractivity contribution in [1.29, 1.82) is 0 Å². The van der Waals surface area contributed by atoms with Gasteiger partial charge in [0.15, 0.2) is 11.5 Å². The van der Waals surface area contributed by atoms with Crippen molar-refractivity contribution >= 4 is 39.6 Å². The van der Waals surface area contributed by atoms with Crippen molar-refractivity contribution in [2.24, 2.45) is 0 Å². The summed E-state index contributed by atoms with van der Waals surface area (Å²) in [6.45, 7) is 2.92. The first-order valence-electron chi connectivity index (χ1n) is 10.3. The maximum atomic E-state index is 12.6. The summed E-state index contributed by atoms with van der Waals surface area (Å²) in [4.78, 5) is 27.5. The van der Waals surface area contributed by atoms with E-state index in [0.717, 1.165) is 12.0 Å². The van der Waals surface area contributed by atoms with Gasteiger partial charge in [-0.25, -0.2) is 0 Å². The van der Waals surface area contributed by atoms with E-state index in [9.17, 15) is 9.59 Å². The third-order valence-corrected chi connectivity index (χ3v) is 6.45. The highest BCUT2D eigenvalue weighted by Gasteiger charge is 2.19. The standard InChI is InChI=1S/C22H26N4O5S2/c1-5-9-26(21(28)17-7-6-11-32-17)10-8-18(27)23-22-25-24-20(33-22)14-12-15(29-2)19(31-4)16(13-14)30-3/h6-7,11-13H,5,8-10H2,1-4H3,(H,23,25,27). The Morgan fingerprint density at radius 2 is 1.79 bits per heavy atom. The number of anilines is 1. The maximum Gasteiger partial charge on any atom is 0.263 e. The molecule has 0 spiro atoms. The summed E-state index contributed by atoms with van der Waals surface area (Å²) >= 11 is 2.63. The normalized spacial score (nSPS) is 10.5. The van der Waals surface area contributed by atoms with Crippen molar-refractivity contribution in [3.05, 3.63) is 34.5 Å². The van der Waals surface area contributed by atoms with Crippen LogP contribution in [0.2, 0.25) is 0 Å². The molecule has 2 heterocycles. The molecular formula is C22H26N4O5S2. The molecule has 3 aromatic rings. The smallest absolute Gasteiger partial charge is 0.263 e. The fourth-order valence-electron chi connectivity index (χ4n) is 3.15. The molecule has 1 N–H and O–H groups in total. The van der Waals surface area contributed by atoms with E-state index < -0.39 is 0 Å². The van der Waals surface area contributed by atoms with Gasteiger partial charge in [-0.2, -0.15) is 0 Å². The van der Waals surface area contributed by atoms with E-state index in [1.807, 2.05) is 18.4 Å². The van der Waals surface area contributed by atoms with Crippen LogP contribution in [0.1, 0.15) is 29.4 Å². The average Bonchev–Trinajstić information content (AvgIpc) is 3.53. The van der Waals surface area contributed by atoms with Gasteiger partial charge in [-0.05, 0) is 30.0 Å². The van der Waals surface area contributed by atoms with E-state index in [2.05, 4.69) is 15.5 Å². The predicted molar refractivity (Wildman–Crippen MR) is 129 cm³/mol. The van der Waals surface area contributed by atoms with Crippen molar-refractivity contribution in [2.75, 3.05) is 39.7 Å². The molecule has 33 heavy (non-hydrogen) atoms. The van der Waals surface area contributed by atoms with Crippen LogP contribution in [0.15, 0.2) is 29.6 Å². The quantitative estimate of drug-likeness (QED) is 0.430. The number of rotatable bonds is 11. The Morgan fingerprint density at radius 3 is 2.36 bits per heavy atom. The Hall–Kier alpha value is -3.18. The summed E-state index contributed by atoms with van der Waals surface area (Å²) in [6, 6.07) is 7.18. The molecule has 0 aliphatic heterocycles. The Balaban J connectivity index is 1.65. The van der Waals surface area contributed by atoms with E-state index in [1.54, 1.807) is 23.1 Å². The molecule has 11 heteroatoms. The third-order valence-electron chi connectivity index (χ3n) is 4.70. The minimum Gasteiger partial charge on any atom is -0.493 e. The first-order valence-corrected chi connectivity index (χ1v) is 12.0. The molecule has 1 aromatic carbocycles. The van der Waals surface area contributed by atoms with Crippen LogP contribution < -0.4 is 19.5 Å². The zero-order valence-corrected chi connectivity index (χ0v) is 20.5. The number of amides is 2. The topological polar surface area (TPSA) is 103 Å². The van der Waals surface area contributed by atoms with Crippen LogP contribution in [0.4, 0.5) is 5.13 Å². The van der Waals surface area contributed by atoms with Crippen LogP contribution in [-0.4, -0.2) is 61.3 Å². The number of ether oxygens (including phenoxy) is 3. The molecule has 0 bridgehead atoms. The van der Waals surface area contributed by atoms with E-state index in [0.29, 0.717) is 45.4 Å². The van der Waals surface area contributed by atoms with Gasteiger partial charge < -0.3 is 24.4 Å². The summed E-state index contributed by atoms with van der Waals surface area (Å²) in [5.41, 5.74) is 0.721. The summed E-state index contributed by atoms with van der Waals surface area (Å²) in [7, 11) is 4.62. The monoisotopic (exact) mass is 490 g/mol.